The van der Waals surface area contributed by atoms with Crippen molar-refractivity contribution >= 4 is 52.0 Å². The van der Waals surface area contributed by atoms with Crippen LogP contribution in [0.15, 0.2) is 35.7 Å². The second-order valence-corrected chi connectivity index (χ2v) is 6.91. The van der Waals surface area contributed by atoms with E-state index in [4.69, 9.17) is 11.6 Å². The van der Waals surface area contributed by atoms with E-state index >= 15 is 0 Å². The standard InChI is InChI=1S/C17H12ClN5O3S/c18-10-4-2-9(3-5-10)11-8-27-15(12(11)16(25)26)21-14(24)13-20-17-19-6-1-7-23(17)22-13/h1-5,7-8H,6H2,(H,21,24)(H,25,26)(H,19,20,22). The quantitative estimate of drug-likeness (QED) is 0.617. The van der Waals surface area contributed by atoms with Gasteiger partial charge >= 0.3 is 5.97 Å². The molecule has 0 radical (unpaired) electrons. The molecule has 0 saturated heterocycles. The maximum absolute atomic E-state index is 12.5. The monoisotopic (exact) mass is 401 g/mol. The van der Waals surface area contributed by atoms with Crippen LogP contribution in [-0.4, -0.2) is 38.3 Å². The number of halogens is 1. The van der Waals surface area contributed by atoms with E-state index in [0.717, 1.165) is 11.3 Å². The Hall–Kier alpha value is -3.17. The van der Waals surface area contributed by atoms with Crippen molar-refractivity contribution < 1.29 is 14.7 Å². The molecule has 3 heterocycles. The van der Waals surface area contributed by atoms with Crippen molar-refractivity contribution in [2.45, 2.75) is 0 Å². The summed E-state index contributed by atoms with van der Waals surface area (Å²) >= 11 is 7.01. The minimum absolute atomic E-state index is 0.0117. The SMILES string of the molecule is O=C(Nc1scc(-c2ccc(Cl)cc2)c1C(=O)O)c1nc2n(n1)C=CCN2. The Labute approximate surface area is 162 Å². The zero-order valence-corrected chi connectivity index (χ0v) is 15.2. The first kappa shape index (κ1) is 17.3. The van der Waals surface area contributed by atoms with E-state index in [0.29, 0.717) is 28.6 Å². The summed E-state index contributed by atoms with van der Waals surface area (Å²) in [6.45, 7) is 0.596. The maximum atomic E-state index is 12.5. The van der Waals surface area contributed by atoms with Gasteiger partial charge in [-0.2, -0.15) is 4.98 Å². The molecule has 10 heteroatoms. The van der Waals surface area contributed by atoms with Crippen LogP contribution in [0.5, 0.6) is 0 Å². The van der Waals surface area contributed by atoms with Crippen molar-refractivity contribution in [3.63, 3.8) is 0 Å². The van der Waals surface area contributed by atoms with E-state index in [1.165, 1.54) is 4.68 Å². The molecule has 1 aromatic carbocycles. The van der Waals surface area contributed by atoms with Gasteiger partial charge in [0.1, 0.15) is 10.6 Å². The molecule has 136 valence electrons. The highest BCUT2D eigenvalue weighted by molar-refractivity contribution is 7.15. The number of aromatic carboxylic acids is 1. The third-order valence-electron chi connectivity index (χ3n) is 3.85. The van der Waals surface area contributed by atoms with Gasteiger partial charge in [0, 0.05) is 28.7 Å². The van der Waals surface area contributed by atoms with Crippen LogP contribution >= 0.6 is 22.9 Å². The van der Waals surface area contributed by atoms with Crippen LogP contribution in [0, 0.1) is 0 Å². The minimum atomic E-state index is -1.14. The number of carboxylic acid groups (broad SMARTS) is 1. The van der Waals surface area contributed by atoms with E-state index in [1.54, 1.807) is 35.8 Å². The Morgan fingerprint density at radius 2 is 2.07 bits per heavy atom. The first-order chi connectivity index (χ1) is 13.0. The van der Waals surface area contributed by atoms with Gasteiger partial charge in [0.25, 0.3) is 5.91 Å². The molecule has 0 saturated carbocycles. The molecule has 1 aliphatic heterocycles. The number of carboxylic acids is 1. The van der Waals surface area contributed by atoms with Crippen LogP contribution in [0.25, 0.3) is 17.3 Å². The van der Waals surface area contributed by atoms with Gasteiger partial charge in [0.05, 0.1) is 0 Å². The van der Waals surface area contributed by atoms with E-state index in [1.807, 2.05) is 6.08 Å². The molecule has 0 unspecified atom stereocenters. The lowest BCUT2D eigenvalue weighted by Crippen LogP contribution is -2.15. The fourth-order valence-corrected chi connectivity index (χ4v) is 3.69. The lowest BCUT2D eigenvalue weighted by molar-refractivity contribution is 0.0699. The van der Waals surface area contributed by atoms with Crippen LogP contribution in [0.4, 0.5) is 10.9 Å². The van der Waals surface area contributed by atoms with Gasteiger partial charge in [0.2, 0.25) is 11.8 Å². The molecule has 1 aliphatic rings. The second kappa shape index (κ2) is 6.86. The predicted molar refractivity (Wildman–Crippen MR) is 104 cm³/mol. The number of nitrogens with zero attached hydrogens (tertiary/aromatic N) is 3. The lowest BCUT2D eigenvalue weighted by Gasteiger charge is -2.05. The van der Waals surface area contributed by atoms with Crippen LogP contribution in [-0.2, 0) is 0 Å². The molecule has 3 N–H and O–H groups in total. The molecule has 4 rings (SSSR count). The van der Waals surface area contributed by atoms with Gasteiger partial charge < -0.3 is 15.7 Å². The zero-order valence-electron chi connectivity index (χ0n) is 13.6. The molecule has 8 nitrogen and oxygen atoms in total. The van der Waals surface area contributed by atoms with E-state index < -0.39 is 11.9 Å². The summed E-state index contributed by atoms with van der Waals surface area (Å²) in [5.41, 5.74) is 1.21. The number of rotatable bonds is 4. The van der Waals surface area contributed by atoms with Crippen molar-refractivity contribution in [1.29, 1.82) is 0 Å². The second-order valence-electron chi connectivity index (χ2n) is 5.59. The van der Waals surface area contributed by atoms with E-state index in [9.17, 15) is 14.7 Å². The summed E-state index contributed by atoms with van der Waals surface area (Å²) in [5.74, 6) is -1.33. The van der Waals surface area contributed by atoms with Crippen LogP contribution in [0.2, 0.25) is 5.02 Å². The molecule has 0 bridgehead atoms. The van der Waals surface area contributed by atoms with Crippen LogP contribution in [0.3, 0.4) is 0 Å². The molecule has 0 fully saturated rings. The number of thiophene rings is 1. The van der Waals surface area contributed by atoms with E-state index in [2.05, 4.69) is 20.7 Å². The number of carbonyl (C=O) groups is 2. The number of amides is 1. The summed E-state index contributed by atoms with van der Waals surface area (Å²) in [6, 6.07) is 6.81. The number of nitrogens with one attached hydrogen (secondary N) is 2. The fraction of sp³-hybridized carbons (Fsp3) is 0.0588. The van der Waals surface area contributed by atoms with Crippen molar-refractivity contribution in [1.82, 2.24) is 14.8 Å². The molecule has 27 heavy (non-hydrogen) atoms. The number of hydrogen-bond acceptors (Lipinski definition) is 6. The number of aromatic nitrogens is 3. The van der Waals surface area contributed by atoms with Gasteiger partial charge in [0.15, 0.2) is 0 Å². The largest absolute Gasteiger partial charge is 0.478 e. The number of benzene rings is 1. The van der Waals surface area contributed by atoms with Gasteiger partial charge in [-0.05, 0) is 23.8 Å². The molecule has 3 aromatic rings. The molecule has 0 aliphatic carbocycles. The summed E-state index contributed by atoms with van der Waals surface area (Å²) in [6.07, 6.45) is 3.53. The van der Waals surface area contributed by atoms with Crippen molar-refractivity contribution in [2.24, 2.45) is 0 Å². The maximum Gasteiger partial charge on any atom is 0.339 e. The Morgan fingerprint density at radius 1 is 1.30 bits per heavy atom. The highest BCUT2D eigenvalue weighted by atomic mass is 35.5. The Balaban J connectivity index is 1.65. The van der Waals surface area contributed by atoms with Crippen LogP contribution in [0.1, 0.15) is 21.0 Å². The molecular formula is C17H12ClN5O3S. The summed E-state index contributed by atoms with van der Waals surface area (Å²) in [7, 11) is 0. The average molecular weight is 402 g/mol. The highest BCUT2D eigenvalue weighted by Gasteiger charge is 2.23. The topological polar surface area (TPSA) is 109 Å². The Morgan fingerprint density at radius 3 is 2.78 bits per heavy atom. The third kappa shape index (κ3) is 3.29. The summed E-state index contributed by atoms with van der Waals surface area (Å²) in [5, 5.41) is 21.8. The molecule has 2 aromatic heterocycles. The fourth-order valence-electron chi connectivity index (χ4n) is 2.61. The smallest absolute Gasteiger partial charge is 0.339 e. The number of hydrogen-bond donors (Lipinski definition) is 3. The lowest BCUT2D eigenvalue weighted by atomic mass is 10.0. The first-order valence-corrected chi connectivity index (χ1v) is 9.08. The van der Waals surface area contributed by atoms with Crippen molar-refractivity contribution in [3.8, 4) is 11.1 Å². The Kier molecular flexibility index (Phi) is 4.38. The number of anilines is 2. The van der Waals surface area contributed by atoms with Gasteiger partial charge in [-0.3, -0.25) is 4.79 Å². The number of carbonyl (C=O) groups excluding carboxylic acids is 1. The molecule has 0 atom stereocenters. The van der Waals surface area contributed by atoms with Crippen LogP contribution < -0.4 is 10.6 Å². The molecular weight excluding hydrogens is 390 g/mol. The number of fused-ring (bicyclic) bond motifs is 1. The van der Waals surface area contributed by atoms with Crippen molar-refractivity contribution in [2.75, 3.05) is 17.2 Å². The highest BCUT2D eigenvalue weighted by Crippen LogP contribution is 2.36. The Bertz CT molecular complexity index is 1070. The summed E-state index contributed by atoms with van der Waals surface area (Å²) < 4.78 is 1.45. The normalized spacial score (nSPS) is 12.3. The third-order valence-corrected chi connectivity index (χ3v) is 4.99. The van der Waals surface area contributed by atoms with Gasteiger partial charge in [-0.25, -0.2) is 9.48 Å². The first-order valence-electron chi connectivity index (χ1n) is 7.82. The summed E-state index contributed by atoms with van der Waals surface area (Å²) in [4.78, 5) is 28.4. The average Bonchev–Trinajstić information content (AvgIpc) is 3.26. The van der Waals surface area contributed by atoms with Gasteiger partial charge in [-0.1, -0.05) is 23.7 Å². The van der Waals surface area contributed by atoms with Gasteiger partial charge in [-0.15, -0.1) is 16.4 Å². The minimum Gasteiger partial charge on any atom is -0.478 e. The van der Waals surface area contributed by atoms with E-state index in [-0.39, 0.29) is 16.4 Å². The molecule has 1 amide bonds. The zero-order chi connectivity index (χ0) is 19.0. The molecule has 0 spiro atoms. The van der Waals surface area contributed by atoms with Crippen molar-refractivity contribution in [3.05, 3.63) is 52.1 Å². The predicted octanol–water partition coefficient (Wildman–Crippen LogP) is 3.51.